The van der Waals surface area contributed by atoms with Crippen molar-refractivity contribution in [3.63, 3.8) is 0 Å². The molecule has 0 fully saturated rings. The monoisotopic (exact) mass is 851 g/mol. The third kappa shape index (κ3) is 6.05. The van der Waals surface area contributed by atoms with Crippen LogP contribution in [-0.2, 0) is 10.8 Å². The Bertz CT molecular complexity index is 3250. The van der Waals surface area contributed by atoms with Gasteiger partial charge in [0, 0.05) is 50.4 Å². The third-order valence-electron chi connectivity index (χ3n) is 14.0. The van der Waals surface area contributed by atoms with E-state index in [0.29, 0.717) is 0 Å². The second kappa shape index (κ2) is 15.3. The summed E-state index contributed by atoms with van der Waals surface area (Å²) < 4.78 is 7.31. The first-order valence-electron chi connectivity index (χ1n) is 22.9. The summed E-state index contributed by atoms with van der Waals surface area (Å²) in [4.78, 5) is 7.25. The molecule has 66 heavy (non-hydrogen) atoms. The quantitative estimate of drug-likeness (QED) is 0.159. The number of rotatable bonds is 7. The van der Waals surface area contributed by atoms with Gasteiger partial charge in [-0.1, -0.05) is 167 Å². The van der Waals surface area contributed by atoms with Gasteiger partial charge in [0.05, 0.1) is 22.7 Å². The van der Waals surface area contributed by atoms with Crippen LogP contribution in [0.15, 0.2) is 212 Å². The predicted molar refractivity (Wildman–Crippen MR) is 276 cm³/mol. The zero-order valence-corrected chi connectivity index (χ0v) is 37.6. The summed E-state index contributed by atoms with van der Waals surface area (Å²) in [6, 6.07) is 76.2. The van der Waals surface area contributed by atoms with Crippen molar-refractivity contribution in [3.8, 4) is 22.6 Å². The molecular weight excluding hydrogens is 803 g/mol. The number of fused-ring (bicyclic) bond motifs is 9. The first-order valence-corrected chi connectivity index (χ1v) is 22.9. The highest BCUT2D eigenvalue weighted by atomic mass is 16.5. The number of nitrogens with zero attached hydrogens (tertiary/aromatic N) is 3. The molecule has 0 N–H and O–H groups in total. The molecule has 2 aliphatic carbocycles. The van der Waals surface area contributed by atoms with Crippen LogP contribution in [0.3, 0.4) is 0 Å². The van der Waals surface area contributed by atoms with Gasteiger partial charge in [0.1, 0.15) is 0 Å². The van der Waals surface area contributed by atoms with Gasteiger partial charge >= 0.3 is 0 Å². The van der Waals surface area contributed by atoms with E-state index in [1.54, 1.807) is 0 Å². The summed E-state index contributed by atoms with van der Waals surface area (Å²) in [6.07, 6.45) is 4.81. The van der Waals surface area contributed by atoms with Crippen LogP contribution in [0.2, 0.25) is 0 Å². The first-order chi connectivity index (χ1) is 32.3. The molecule has 12 rings (SSSR count). The van der Waals surface area contributed by atoms with Gasteiger partial charge in [-0.2, -0.15) is 0 Å². The molecule has 0 aromatic heterocycles. The summed E-state index contributed by atoms with van der Waals surface area (Å²) in [5.74, 6) is 1.61. The molecule has 318 valence electrons. The van der Waals surface area contributed by atoms with Crippen molar-refractivity contribution in [2.45, 2.75) is 38.5 Å². The Morgan fingerprint density at radius 1 is 0.424 bits per heavy atom. The topological polar surface area (TPSA) is 19.0 Å². The minimum absolute atomic E-state index is 0.303. The molecular formula is C62H49N3O. The second-order valence-corrected chi connectivity index (χ2v) is 18.5. The lowest BCUT2D eigenvalue weighted by Crippen LogP contribution is -2.27. The molecule has 0 saturated heterocycles. The molecule has 0 atom stereocenters. The minimum atomic E-state index is -0.538. The van der Waals surface area contributed by atoms with Gasteiger partial charge in [-0.05, 0) is 118 Å². The Hall–Kier alpha value is -8.08. The third-order valence-corrected chi connectivity index (χ3v) is 14.0. The molecule has 0 spiro atoms. The molecule has 1 aliphatic heterocycles. The highest BCUT2D eigenvalue weighted by molar-refractivity contribution is 6.03. The Kier molecular flexibility index (Phi) is 9.15. The summed E-state index contributed by atoms with van der Waals surface area (Å²) in [7, 11) is 0. The van der Waals surface area contributed by atoms with Crippen LogP contribution in [0.25, 0.3) is 23.3 Å². The molecule has 0 saturated carbocycles. The fourth-order valence-corrected chi connectivity index (χ4v) is 11.0. The molecule has 4 nitrogen and oxygen atoms in total. The summed E-state index contributed by atoms with van der Waals surface area (Å²) in [5.41, 5.74) is 18.8. The van der Waals surface area contributed by atoms with E-state index >= 15 is 0 Å². The smallest absolute Gasteiger partial charge is 0.176 e. The highest BCUT2D eigenvalue weighted by Gasteiger charge is 2.45. The van der Waals surface area contributed by atoms with Gasteiger partial charge in [-0.25, -0.2) is 0 Å². The van der Waals surface area contributed by atoms with E-state index in [4.69, 9.17) is 4.74 Å². The zero-order chi connectivity index (χ0) is 44.6. The van der Waals surface area contributed by atoms with Gasteiger partial charge in [0.15, 0.2) is 11.5 Å². The predicted octanol–water partition coefficient (Wildman–Crippen LogP) is 17.3. The molecule has 9 aromatic rings. The van der Waals surface area contributed by atoms with Crippen LogP contribution in [0.5, 0.6) is 11.5 Å². The van der Waals surface area contributed by atoms with Crippen LogP contribution in [0.1, 0.15) is 61.1 Å². The summed E-state index contributed by atoms with van der Waals surface area (Å²) in [6.45, 7) is 9.67. The maximum Gasteiger partial charge on any atom is 0.176 e. The maximum absolute atomic E-state index is 7.31. The largest absolute Gasteiger partial charge is 0.451 e. The zero-order valence-electron chi connectivity index (χ0n) is 37.6. The average molecular weight is 852 g/mol. The average Bonchev–Trinajstić information content (AvgIpc) is 3.54. The molecule has 0 radical (unpaired) electrons. The van der Waals surface area contributed by atoms with Crippen LogP contribution in [0.4, 0.5) is 51.2 Å². The van der Waals surface area contributed by atoms with Crippen molar-refractivity contribution < 1.29 is 4.74 Å². The Morgan fingerprint density at radius 2 is 0.879 bits per heavy atom. The first kappa shape index (κ1) is 39.5. The minimum Gasteiger partial charge on any atom is -0.451 e. The maximum atomic E-state index is 7.31. The van der Waals surface area contributed by atoms with Crippen LogP contribution < -0.4 is 19.4 Å². The van der Waals surface area contributed by atoms with Crippen molar-refractivity contribution in [3.05, 3.63) is 246 Å². The number of hydrogen-bond acceptors (Lipinski definition) is 4. The number of para-hydroxylation sites is 7. The SMILES string of the molecule is CC1(C)c2cc(N(c3ccccc3)c3ccccc3)c3c(c2C=Cc2c1cc(N(c1ccccc1)c1ccccc1)c1c2C(C)(C)c2ccccc2-1)N(c1ccccc1)c1ccccc1O3. The van der Waals surface area contributed by atoms with Gasteiger partial charge < -0.3 is 19.4 Å². The Balaban J connectivity index is 1.21. The fraction of sp³-hybridized carbons (Fsp3) is 0.0968. The standard InChI is InChI=1S/C62H49N3O/c1-61(2)51-40-54(63(42-24-10-5-11-25-42)43-26-12-6-13-27-43)57-47-34-20-21-35-50(47)62(3,4)58(57)48(51)38-39-49-52(61)41-55(64(44-28-14-7-15-29-44)45-30-16-8-17-31-45)60-59(49)65(46-32-18-9-19-33-46)53-36-22-23-37-56(53)66-60/h5-41H,1-4H3. The summed E-state index contributed by atoms with van der Waals surface area (Å²) >= 11 is 0. The van der Waals surface area contributed by atoms with Gasteiger partial charge in [-0.15, -0.1) is 0 Å². The van der Waals surface area contributed by atoms with Gasteiger partial charge in [0.2, 0.25) is 0 Å². The van der Waals surface area contributed by atoms with Crippen molar-refractivity contribution in [2.24, 2.45) is 0 Å². The molecule has 0 bridgehead atoms. The molecule has 0 unspecified atom stereocenters. The van der Waals surface area contributed by atoms with E-state index in [0.717, 1.165) is 62.6 Å². The fourth-order valence-electron chi connectivity index (χ4n) is 11.0. The van der Waals surface area contributed by atoms with E-state index in [-0.39, 0.29) is 5.41 Å². The second-order valence-electron chi connectivity index (χ2n) is 18.5. The van der Waals surface area contributed by atoms with Crippen molar-refractivity contribution in [1.82, 2.24) is 0 Å². The lowest BCUT2D eigenvalue weighted by Gasteiger charge is -2.40. The van der Waals surface area contributed by atoms with Crippen molar-refractivity contribution in [1.29, 1.82) is 0 Å². The molecule has 9 aromatic carbocycles. The number of hydrogen-bond donors (Lipinski definition) is 0. The molecule has 1 heterocycles. The van der Waals surface area contributed by atoms with Gasteiger partial charge in [0.25, 0.3) is 0 Å². The number of anilines is 9. The van der Waals surface area contributed by atoms with Gasteiger partial charge in [-0.3, -0.25) is 0 Å². The van der Waals surface area contributed by atoms with Crippen LogP contribution >= 0.6 is 0 Å². The normalized spacial score (nSPS) is 14.3. The highest BCUT2D eigenvalue weighted by Crippen LogP contribution is 2.63. The van der Waals surface area contributed by atoms with E-state index in [2.05, 4.69) is 267 Å². The Labute approximate surface area is 387 Å². The Morgan fingerprint density at radius 3 is 1.47 bits per heavy atom. The number of benzene rings is 9. The van der Waals surface area contributed by atoms with Crippen molar-refractivity contribution in [2.75, 3.05) is 14.7 Å². The van der Waals surface area contributed by atoms with Crippen LogP contribution in [0, 0.1) is 0 Å². The summed E-state index contributed by atoms with van der Waals surface area (Å²) in [5, 5.41) is 0. The van der Waals surface area contributed by atoms with E-state index in [1.807, 2.05) is 0 Å². The number of ether oxygens (including phenoxy) is 1. The van der Waals surface area contributed by atoms with E-state index < -0.39 is 5.41 Å². The van der Waals surface area contributed by atoms with Crippen LogP contribution in [-0.4, -0.2) is 0 Å². The lowest BCUT2D eigenvalue weighted by atomic mass is 9.71. The van der Waals surface area contributed by atoms with E-state index in [9.17, 15) is 0 Å². The molecule has 0 amide bonds. The lowest BCUT2D eigenvalue weighted by molar-refractivity contribution is 0.477. The van der Waals surface area contributed by atoms with Crippen molar-refractivity contribution >= 4 is 63.3 Å². The van der Waals surface area contributed by atoms with E-state index in [1.165, 1.54) is 44.6 Å². The molecule has 4 heteroatoms. The molecule has 3 aliphatic rings.